The molecule has 0 bridgehead atoms. The van der Waals surface area contributed by atoms with Crippen LogP contribution in [0.5, 0.6) is 0 Å². The van der Waals surface area contributed by atoms with Crippen molar-refractivity contribution >= 4 is 32.3 Å². The number of nitrogens with one attached hydrogen (secondary N) is 1. The predicted octanol–water partition coefficient (Wildman–Crippen LogP) is 5.30. The third-order valence-corrected chi connectivity index (χ3v) is 5.46. The molecule has 1 amide bonds. The number of thiophene rings is 1. The maximum atomic E-state index is 12.6. The fourth-order valence-electron chi connectivity index (χ4n) is 3.81. The van der Waals surface area contributed by atoms with E-state index in [1.807, 2.05) is 12.1 Å². The maximum absolute atomic E-state index is 12.6. The van der Waals surface area contributed by atoms with Gasteiger partial charge >= 0.3 is 0 Å². The fourth-order valence-corrected chi connectivity index (χ4v) is 4.78. The summed E-state index contributed by atoms with van der Waals surface area (Å²) < 4.78 is 1.23. The average molecular weight is 301 g/mol. The second-order valence-electron chi connectivity index (χ2n) is 7.25. The molecule has 1 aliphatic carbocycles. The Hall–Kier alpha value is -1.35. The zero-order valence-corrected chi connectivity index (χ0v) is 13.8. The van der Waals surface area contributed by atoms with Crippen LogP contribution < -0.4 is 5.32 Å². The van der Waals surface area contributed by atoms with E-state index >= 15 is 0 Å². The molecular weight excluding hydrogens is 278 g/mol. The van der Waals surface area contributed by atoms with Crippen molar-refractivity contribution in [2.24, 2.45) is 17.3 Å². The predicted molar refractivity (Wildman–Crippen MR) is 90.7 cm³/mol. The summed E-state index contributed by atoms with van der Waals surface area (Å²) in [6.07, 6.45) is 3.23. The third kappa shape index (κ3) is 3.29. The van der Waals surface area contributed by atoms with Crippen LogP contribution in [0.15, 0.2) is 30.3 Å². The van der Waals surface area contributed by atoms with Crippen LogP contribution in [0.4, 0.5) is 5.00 Å². The van der Waals surface area contributed by atoms with E-state index in [9.17, 15) is 4.79 Å². The quantitative estimate of drug-likeness (QED) is 0.801. The van der Waals surface area contributed by atoms with E-state index in [4.69, 9.17) is 0 Å². The molecule has 112 valence electrons. The average Bonchev–Trinajstić information content (AvgIpc) is 2.78. The van der Waals surface area contributed by atoms with Crippen molar-refractivity contribution in [1.29, 1.82) is 0 Å². The first kappa shape index (κ1) is 14.6. The Morgan fingerprint density at radius 2 is 2.05 bits per heavy atom. The normalized spacial score (nSPS) is 24.9. The van der Waals surface area contributed by atoms with E-state index in [0.717, 1.165) is 17.8 Å². The van der Waals surface area contributed by atoms with Crippen molar-refractivity contribution in [2.75, 3.05) is 5.32 Å². The summed E-state index contributed by atoms with van der Waals surface area (Å²) in [4.78, 5) is 12.6. The molecule has 1 aromatic carbocycles. The number of carbonyl (C=O) groups excluding carboxylic acids is 1. The maximum Gasteiger partial charge on any atom is 0.228 e. The molecule has 2 unspecified atom stereocenters. The van der Waals surface area contributed by atoms with Gasteiger partial charge in [-0.15, -0.1) is 11.3 Å². The van der Waals surface area contributed by atoms with Crippen LogP contribution in [0, 0.1) is 17.3 Å². The van der Waals surface area contributed by atoms with Gasteiger partial charge < -0.3 is 5.32 Å². The molecule has 21 heavy (non-hydrogen) atoms. The van der Waals surface area contributed by atoms with Gasteiger partial charge in [-0.3, -0.25) is 4.79 Å². The SMILES string of the molecule is CC1CC(C(=O)Nc2cc3ccccc3s2)CC(C)(C)C1. The molecule has 0 spiro atoms. The summed E-state index contributed by atoms with van der Waals surface area (Å²) in [6.45, 7) is 6.82. The van der Waals surface area contributed by atoms with E-state index in [1.165, 1.54) is 16.5 Å². The zero-order chi connectivity index (χ0) is 15.0. The zero-order valence-electron chi connectivity index (χ0n) is 13.0. The highest BCUT2D eigenvalue weighted by molar-refractivity contribution is 7.22. The molecule has 1 fully saturated rings. The Bertz CT molecular complexity index is 625. The number of hydrogen-bond donors (Lipinski definition) is 1. The Morgan fingerprint density at radius 1 is 1.29 bits per heavy atom. The molecule has 1 aliphatic rings. The molecule has 0 aliphatic heterocycles. The van der Waals surface area contributed by atoms with Crippen molar-refractivity contribution in [1.82, 2.24) is 0 Å². The van der Waals surface area contributed by atoms with Gasteiger partial charge in [-0.1, -0.05) is 39.0 Å². The standard InChI is InChI=1S/C18H23NOS/c1-12-8-14(11-18(2,3)10-12)17(20)19-16-9-13-6-4-5-7-15(13)21-16/h4-7,9,12,14H,8,10-11H2,1-3H3,(H,19,20). The van der Waals surface area contributed by atoms with E-state index in [-0.39, 0.29) is 17.2 Å². The summed E-state index contributed by atoms with van der Waals surface area (Å²) in [5.74, 6) is 0.974. The number of hydrogen-bond acceptors (Lipinski definition) is 2. The first-order valence-corrected chi connectivity index (χ1v) is 8.54. The fraction of sp³-hybridized carbons (Fsp3) is 0.500. The molecular formula is C18H23NOS. The number of carbonyl (C=O) groups is 1. The van der Waals surface area contributed by atoms with Gasteiger partial charge in [-0.25, -0.2) is 0 Å². The Kier molecular flexibility index (Phi) is 3.78. The molecule has 2 aromatic rings. The lowest BCUT2D eigenvalue weighted by Gasteiger charge is -2.38. The van der Waals surface area contributed by atoms with Crippen LogP contribution in [0.2, 0.25) is 0 Å². The highest BCUT2D eigenvalue weighted by atomic mass is 32.1. The van der Waals surface area contributed by atoms with Crippen molar-refractivity contribution in [3.05, 3.63) is 30.3 Å². The number of rotatable bonds is 2. The number of anilines is 1. The van der Waals surface area contributed by atoms with Gasteiger partial charge in [-0.2, -0.15) is 0 Å². The molecule has 1 saturated carbocycles. The van der Waals surface area contributed by atoms with E-state index in [1.54, 1.807) is 11.3 Å². The van der Waals surface area contributed by atoms with E-state index in [2.05, 4.69) is 44.3 Å². The van der Waals surface area contributed by atoms with Crippen LogP contribution in [0.25, 0.3) is 10.1 Å². The molecule has 1 heterocycles. The third-order valence-electron chi connectivity index (χ3n) is 4.43. The molecule has 1 aromatic heterocycles. The van der Waals surface area contributed by atoms with E-state index < -0.39 is 0 Å². The monoisotopic (exact) mass is 301 g/mol. The highest BCUT2D eigenvalue weighted by Gasteiger charge is 2.35. The smallest absolute Gasteiger partial charge is 0.228 e. The van der Waals surface area contributed by atoms with Gasteiger partial charge in [0.25, 0.3) is 0 Å². The first-order chi connectivity index (χ1) is 9.93. The summed E-state index contributed by atoms with van der Waals surface area (Å²) in [5.41, 5.74) is 0.278. The summed E-state index contributed by atoms with van der Waals surface area (Å²) in [5, 5.41) is 5.31. The number of benzene rings is 1. The van der Waals surface area contributed by atoms with Crippen molar-refractivity contribution in [3.8, 4) is 0 Å². The number of amides is 1. The van der Waals surface area contributed by atoms with Gasteiger partial charge in [0.1, 0.15) is 0 Å². The van der Waals surface area contributed by atoms with Crippen LogP contribution in [0.1, 0.15) is 40.0 Å². The summed E-state index contributed by atoms with van der Waals surface area (Å²) in [7, 11) is 0. The molecule has 2 nitrogen and oxygen atoms in total. The van der Waals surface area contributed by atoms with Crippen LogP contribution in [0.3, 0.4) is 0 Å². The second kappa shape index (κ2) is 5.45. The lowest BCUT2D eigenvalue weighted by molar-refractivity contribution is -0.122. The second-order valence-corrected chi connectivity index (χ2v) is 8.33. The lowest BCUT2D eigenvalue weighted by atomic mass is 9.68. The summed E-state index contributed by atoms with van der Waals surface area (Å²) >= 11 is 1.66. The first-order valence-electron chi connectivity index (χ1n) is 7.72. The van der Waals surface area contributed by atoms with Gasteiger partial charge in [0.2, 0.25) is 5.91 Å². The largest absolute Gasteiger partial charge is 0.317 e. The molecule has 0 saturated heterocycles. The van der Waals surface area contributed by atoms with Gasteiger partial charge in [-0.05, 0) is 48.1 Å². The van der Waals surface area contributed by atoms with E-state index in [0.29, 0.717) is 5.92 Å². The Labute approximate surface area is 130 Å². The lowest BCUT2D eigenvalue weighted by Crippen LogP contribution is -2.34. The van der Waals surface area contributed by atoms with Crippen molar-refractivity contribution in [3.63, 3.8) is 0 Å². The molecule has 1 N–H and O–H groups in total. The van der Waals surface area contributed by atoms with Gasteiger partial charge in [0.05, 0.1) is 5.00 Å². The Balaban J connectivity index is 1.73. The molecule has 2 atom stereocenters. The minimum Gasteiger partial charge on any atom is -0.317 e. The topological polar surface area (TPSA) is 29.1 Å². The van der Waals surface area contributed by atoms with Crippen molar-refractivity contribution < 1.29 is 4.79 Å². The minimum absolute atomic E-state index is 0.147. The van der Waals surface area contributed by atoms with Gasteiger partial charge in [0.15, 0.2) is 0 Å². The molecule has 3 rings (SSSR count). The molecule has 3 heteroatoms. The van der Waals surface area contributed by atoms with Crippen LogP contribution in [-0.2, 0) is 4.79 Å². The van der Waals surface area contributed by atoms with Crippen molar-refractivity contribution in [2.45, 2.75) is 40.0 Å². The van der Waals surface area contributed by atoms with Crippen LogP contribution in [-0.4, -0.2) is 5.91 Å². The minimum atomic E-state index is 0.147. The highest BCUT2D eigenvalue weighted by Crippen LogP contribution is 2.42. The van der Waals surface area contributed by atoms with Crippen LogP contribution >= 0.6 is 11.3 Å². The molecule has 0 radical (unpaired) electrons. The number of fused-ring (bicyclic) bond motifs is 1. The summed E-state index contributed by atoms with van der Waals surface area (Å²) in [6, 6.07) is 10.3. The van der Waals surface area contributed by atoms with Gasteiger partial charge in [0, 0.05) is 10.6 Å². The Morgan fingerprint density at radius 3 is 2.76 bits per heavy atom.